The highest BCUT2D eigenvalue weighted by molar-refractivity contribution is 5.94. The van der Waals surface area contributed by atoms with Gasteiger partial charge in [0.25, 0.3) is 5.91 Å². The zero-order valence-corrected chi connectivity index (χ0v) is 9.60. The average Bonchev–Trinajstić information content (AvgIpc) is 2.39. The minimum Gasteiger partial charge on any atom is -0.394 e. The van der Waals surface area contributed by atoms with Crippen molar-refractivity contribution in [3.63, 3.8) is 0 Å². The van der Waals surface area contributed by atoms with Gasteiger partial charge in [-0.05, 0) is 43.5 Å². The van der Waals surface area contributed by atoms with Gasteiger partial charge < -0.3 is 10.0 Å². The Kier molecular flexibility index (Phi) is 3.74. The number of likely N-dealkylation sites (tertiary alicyclic amines) is 1. The molecule has 1 aromatic carbocycles. The molecule has 0 saturated carbocycles. The quantitative estimate of drug-likeness (QED) is 0.852. The zero-order valence-electron chi connectivity index (χ0n) is 9.60. The van der Waals surface area contributed by atoms with Crippen molar-refractivity contribution in [2.24, 2.45) is 0 Å². The predicted octanol–water partition coefficient (Wildman–Crippen LogP) is 1.81. The summed E-state index contributed by atoms with van der Waals surface area (Å²) in [5, 5.41) is 9.25. The SMILES string of the molecule is O=C(c1ccc(F)cc1)N1CCCC[C@H]1CO. The van der Waals surface area contributed by atoms with Gasteiger partial charge >= 0.3 is 0 Å². The highest BCUT2D eigenvalue weighted by atomic mass is 19.1. The second-order valence-corrected chi connectivity index (χ2v) is 4.34. The third kappa shape index (κ3) is 2.64. The number of hydrogen-bond acceptors (Lipinski definition) is 2. The third-order valence-corrected chi connectivity index (χ3v) is 3.19. The minimum atomic E-state index is -0.348. The Hall–Kier alpha value is -1.42. The number of aliphatic hydroxyl groups is 1. The van der Waals surface area contributed by atoms with Gasteiger partial charge in [-0.1, -0.05) is 0 Å². The molecule has 0 aliphatic carbocycles. The van der Waals surface area contributed by atoms with Crippen LogP contribution < -0.4 is 0 Å². The molecule has 1 heterocycles. The molecule has 0 spiro atoms. The Morgan fingerprint density at radius 3 is 2.71 bits per heavy atom. The van der Waals surface area contributed by atoms with Gasteiger partial charge in [0.15, 0.2) is 0 Å². The Morgan fingerprint density at radius 1 is 1.35 bits per heavy atom. The van der Waals surface area contributed by atoms with Crippen molar-refractivity contribution in [1.82, 2.24) is 4.90 Å². The molecule has 1 fully saturated rings. The molecule has 17 heavy (non-hydrogen) atoms. The van der Waals surface area contributed by atoms with Crippen LogP contribution in [0, 0.1) is 5.82 Å². The molecule has 0 aromatic heterocycles. The molecule has 4 heteroatoms. The lowest BCUT2D eigenvalue weighted by atomic mass is 10.0. The van der Waals surface area contributed by atoms with Crippen molar-refractivity contribution in [3.05, 3.63) is 35.6 Å². The number of benzene rings is 1. The lowest BCUT2D eigenvalue weighted by Crippen LogP contribution is -2.45. The first-order valence-electron chi connectivity index (χ1n) is 5.90. The van der Waals surface area contributed by atoms with Gasteiger partial charge in [-0.25, -0.2) is 4.39 Å². The summed E-state index contributed by atoms with van der Waals surface area (Å²) in [6.07, 6.45) is 2.84. The largest absolute Gasteiger partial charge is 0.394 e. The van der Waals surface area contributed by atoms with Crippen molar-refractivity contribution < 1.29 is 14.3 Å². The summed E-state index contributed by atoms with van der Waals surface area (Å²) >= 11 is 0. The van der Waals surface area contributed by atoms with E-state index in [9.17, 15) is 14.3 Å². The van der Waals surface area contributed by atoms with Crippen LogP contribution in [0.5, 0.6) is 0 Å². The van der Waals surface area contributed by atoms with Crippen molar-refractivity contribution in [1.29, 1.82) is 0 Å². The smallest absolute Gasteiger partial charge is 0.254 e. The molecule has 92 valence electrons. The number of aliphatic hydroxyl groups excluding tert-OH is 1. The van der Waals surface area contributed by atoms with Gasteiger partial charge in [-0.15, -0.1) is 0 Å². The van der Waals surface area contributed by atoms with Crippen molar-refractivity contribution in [2.45, 2.75) is 25.3 Å². The molecular formula is C13H16FNO2. The molecule has 2 rings (SSSR count). The average molecular weight is 237 g/mol. The van der Waals surface area contributed by atoms with Crippen LogP contribution >= 0.6 is 0 Å². The van der Waals surface area contributed by atoms with E-state index >= 15 is 0 Å². The van der Waals surface area contributed by atoms with Gasteiger partial charge in [-0.2, -0.15) is 0 Å². The van der Waals surface area contributed by atoms with E-state index in [1.807, 2.05) is 0 Å². The second-order valence-electron chi connectivity index (χ2n) is 4.34. The normalized spacial score (nSPS) is 20.4. The molecule has 1 aromatic rings. The van der Waals surface area contributed by atoms with Crippen LogP contribution in [0.25, 0.3) is 0 Å². The Morgan fingerprint density at radius 2 is 2.06 bits per heavy atom. The summed E-state index contributed by atoms with van der Waals surface area (Å²) in [6.45, 7) is 0.661. The van der Waals surface area contributed by atoms with Crippen molar-refractivity contribution in [3.8, 4) is 0 Å². The maximum atomic E-state index is 12.8. The topological polar surface area (TPSA) is 40.5 Å². The predicted molar refractivity (Wildman–Crippen MR) is 62.2 cm³/mol. The second kappa shape index (κ2) is 5.27. The molecule has 1 atom stereocenters. The lowest BCUT2D eigenvalue weighted by molar-refractivity contribution is 0.0503. The van der Waals surface area contributed by atoms with Crippen LogP contribution in [0.3, 0.4) is 0 Å². The number of piperidine rings is 1. The monoisotopic (exact) mass is 237 g/mol. The van der Waals surface area contributed by atoms with Crippen molar-refractivity contribution >= 4 is 5.91 Å². The number of rotatable bonds is 2. The fourth-order valence-corrected chi connectivity index (χ4v) is 2.22. The van der Waals surface area contributed by atoms with Crippen LogP contribution in [-0.4, -0.2) is 35.1 Å². The molecule has 1 saturated heterocycles. The van der Waals surface area contributed by atoms with E-state index in [-0.39, 0.29) is 24.4 Å². The fourth-order valence-electron chi connectivity index (χ4n) is 2.22. The number of hydrogen-bond donors (Lipinski definition) is 1. The molecule has 0 bridgehead atoms. The molecule has 3 nitrogen and oxygen atoms in total. The summed E-state index contributed by atoms with van der Waals surface area (Å²) < 4.78 is 12.8. The van der Waals surface area contributed by atoms with E-state index in [0.29, 0.717) is 12.1 Å². The molecule has 1 aliphatic rings. The van der Waals surface area contributed by atoms with E-state index in [2.05, 4.69) is 0 Å². The maximum Gasteiger partial charge on any atom is 0.254 e. The standard InChI is InChI=1S/C13H16FNO2/c14-11-6-4-10(5-7-11)13(17)15-8-2-1-3-12(15)9-16/h4-7,12,16H,1-3,8-9H2/t12-/m0/s1. The maximum absolute atomic E-state index is 12.8. The van der Waals surface area contributed by atoms with E-state index in [1.54, 1.807) is 4.90 Å². The first-order chi connectivity index (χ1) is 8.22. The molecule has 1 N–H and O–H groups in total. The first-order valence-corrected chi connectivity index (χ1v) is 5.90. The summed E-state index contributed by atoms with van der Waals surface area (Å²) in [7, 11) is 0. The minimum absolute atomic E-state index is 0.00701. The van der Waals surface area contributed by atoms with Gasteiger partial charge in [-0.3, -0.25) is 4.79 Å². The van der Waals surface area contributed by atoms with Gasteiger partial charge in [0.1, 0.15) is 5.82 Å². The van der Waals surface area contributed by atoms with E-state index in [0.717, 1.165) is 19.3 Å². The Labute approximate surface area is 99.9 Å². The molecular weight excluding hydrogens is 221 g/mol. The molecule has 0 unspecified atom stereocenters. The Balaban J connectivity index is 2.15. The van der Waals surface area contributed by atoms with Gasteiger partial charge in [0.05, 0.1) is 12.6 Å². The highest BCUT2D eigenvalue weighted by Crippen LogP contribution is 2.19. The zero-order chi connectivity index (χ0) is 12.3. The summed E-state index contributed by atoms with van der Waals surface area (Å²) in [5.41, 5.74) is 0.478. The first kappa shape index (κ1) is 12.0. The van der Waals surface area contributed by atoms with Crippen LogP contribution in [0.2, 0.25) is 0 Å². The van der Waals surface area contributed by atoms with Crippen LogP contribution in [0.4, 0.5) is 4.39 Å². The highest BCUT2D eigenvalue weighted by Gasteiger charge is 2.26. The van der Waals surface area contributed by atoms with E-state index in [1.165, 1.54) is 24.3 Å². The van der Waals surface area contributed by atoms with E-state index in [4.69, 9.17) is 0 Å². The Bertz CT molecular complexity index is 391. The lowest BCUT2D eigenvalue weighted by Gasteiger charge is -2.34. The van der Waals surface area contributed by atoms with Crippen molar-refractivity contribution in [2.75, 3.05) is 13.2 Å². The molecule has 1 amide bonds. The summed E-state index contributed by atoms with van der Waals surface area (Å²) in [6, 6.07) is 5.44. The molecule has 0 radical (unpaired) electrons. The number of halogens is 1. The van der Waals surface area contributed by atoms with Crippen LogP contribution in [-0.2, 0) is 0 Å². The summed E-state index contributed by atoms with van der Waals surface area (Å²) in [4.78, 5) is 13.9. The van der Waals surface area contributed by atoms with E-state index < -0.39 is 0 Å². The number of nitrogens with zero attached hydrogens (tertiary/aromatic N) is 1. The van der Waals surface area contributed by atoms with Gasteiger partial charge in [0.2, 0.25) is 0 Å². The third-order valence-electron chi connectivity index (χ3n) is 3.19. The number of carbonyl (C=O) groups excluding carboxylic acids is 1. The number of carbonyl (C=O) groups is 1. The van der Waals surface area contributed by atoms with Crippen LogP contribution in [0.1, 0.15) is 29.6 Å². The van der Waals surface area contributed by atoms with Gasteiger partial charge in [0, 0.05) is 12.1 Å². The summed E-state index contributed by atoms with van der Waals surface area (Å²) in [5.74, 6) is -0.470. The van der Waals surface area contributed by atoms with Crippen LogP contribution in [0.15, 0.2) is 24.3 Å². The number of amides is 1. The fraction of sp³-hybridized carbons (Fsp3) is 0.462. The molecule has 1 aliphatic heterocycles.